The predicted octanol–water partition coefficient (Wildman–Crippen LogP) is 2.89. The molecule has 0 radical (unpaired) electrons. The van der Waals surface area contributed by atoms with Gasteiger partial charge in [0.25, 0.3) is 0 Å². The quantitative estimate of drug-likeness (QED) is 0.813. The molecule has 2 rings (SSSR count). The standard InChI is InChI=1S/C15H30N2/c1-12(2)14-8-4-5-9-15(14)17(3)13-7-6-10-16-11-13/h12-16H,4-11H2,1-3H3. The third kappa shape index (κ3) is 3.23. The lowest BCUT2D eigenvalue weighted by molar-refractivity contribution is 0.0569. The summed E-state index contributed by atoms with van der Waals surface area (Å²) in [6.07, 6.45) is 8.52. The maximum Gasteiger partial charge on any atom is 0.0221 e. The first-order valence-electron chi connectivity index (χ1n) is 7.63. The molecule has 2 fully saturated rings. The highest BCUT2D eigenvalue weighted by molar-refractivity contribution is 4.88. The molecular weight excluding hydrogens is 208 g/mol. The summed E-state index contributed by atoms with van der Waals surface area (Å²) in [5.41, 5.74) is 0. The van der Waals surface area contributed by atoms with E-state index in [0.717, 1.165) is 23.9 Å². The third-order valence-electron chi connectivity index (χ3n) is 5.01. The zero-order valence-corrected chi connectivity index (χ0v) is 11.9. The highest BCUT2D eigenvalue weighted by atomic mass is 15.2. The summed E-state index contributed by atoms with van der Waals surface area (Å²) in [7, 11) is 2.38. The molecule has 1 aliphatic carbocycles. The van der Waals surface area contributed by atoms with E-state index in [4.69, 9.17) is 0 Å². The van der Waals surface area contributed by atoms with Gasteiger partial charge < -0.3 is 5.32 Å². The maximum absolute atomic E-state index is 3.56. The number of piperidine rings is 1. The molecule has 2 nitrogen and oxygen atoms in total. The summed E-state index contributed by atoms with van der Waals surface area (Å²) in [6, 6.07) is 1.63. The second-order valence-electron chi connectivity index (χ2n) is 6.43. The Morgan fingerprint density at radius 3 is 2.47 bits per heavy atom. The van der Waals surface area contributed by atoms with Crippen LogP contribution >= 0.6 is 0 Å². The van der Waals surface area contributed by atoms with Gasteiger partial charge in [-0.15, -0.1) is 0 Å². The number of likely N-dealkylation sites (N-methyl/N-ethyl adjacent to an activating group) is 1. The van der Waals surface area contributed by atoms with Gasteiger partial charge in [-0.25, -0.2) is 0 Å². The first-order chi connectivity index (χ1) is 8.20. The van der Waals surface area contributed by atoms with Gasteiger partial charge in [0.15, 0.2) is 0 Å². The fourth-order valence-electron chi connectivity index (χ4n) is 3.88. The molecule has 1 aliphatic heterocycles. The van der Waals surface area contributed by atoms with Gasteiger partial charge in [-0.05, 0) is 51.1 Å². The predicted molar refractivity (Wildman–Crippen MR) is 74.2 cm³/mol. The van der Waals surface area contributed by atoms with Crippen molar-refractivity contribution in [3.05, 3.63) is 0 Å². The van der Waals surface area contributed by atoms with E-state index in [9.17, 15) is 0 Å². The molecule has 100 valence electrons. The third-order valence-corrected chi connectivity index (χ3v) is 5.01. The summed E-state index contributed by atoms with van der Waals surface area (Å²) >= 11 is 0. The van der Waals surface area contributed by atoms with Crippen LogP contribution in [0.1, 0.15) is 52.4 Å². The fraction of sp³-hybridized carbons (Fsp3) is 1.00. The van der Waals surface area contributed by atoms with Crippen molar-refractivity contribution in [2.24, 2.45) is 11.8 Å². The van der Waals surface area contributed by atoms with Crippen LogP contribution < -0.4 is 5.32 Å². The normalized spacial score (nSPS) is 35.5. The van der Waals surface area contributed by atoms with Gasteiger partial charge in [0.1, 0.15) is 0 Å². The Kier molecular flexibility index (Phi) is 4.87. The molecule has 1 saturated carbocycles. The summed E-state index contributed by atoms with van der Waals surface area (Å²) in [4.78, 5) is 2.72. The molecule has 2 aliphatic rings. The van der Waals surface area contributed by atoms with E-state index in [0.29, 0.717) is 0 Å². The summed E-state index contributed by atoms with van der Waals surface area (Å²) in [5.74, 6) is 1.77. The largest absolute Gasteiger partial charge is 0.315 e. The molecule has 17 heavy (non-hydrogen) atoms. The number of rotatable bonds is 3. The lowest BCUT2D eigenvalue weighted by atomic mass is 9.76. The summed E-state index contributed by atoms with van der Waals surface area (Å²) in [6.45, 7) is 7.26. The molecule has 0 aromatic rings. The van der Waals surface area contributed by atoms with Crippen molar-refractivity contribution in [3.63, 3.8) is 0 Å². The van der Waals surface area contributed by atoms with Crippen molar-refractivity contribution in [2.45, 2.75) is 64.5 Å². The SMILES string of the molecule is CC(C)C1CCCCC1N(C)C1CCCNC1. The molecule has 1 saturated heterocycles. The zero-order chi connectivity index (χ0) is 12.3. The second kappa shape index (κ2) is 6.19. The monoisotopic (exact) mass is 238 g/mol. The van der Waals surface area contributed by atoms with E-state index < -0.39 is 0 Å². The van der Waals surface area contributed by atoms with E-state index in [1.54, 1.807) is 0 Å². The van der Waals surface area contributed by atoms with Crippen molar-refractivity contribution < 1.29 is 0 Å². The molecule has 3 unspecified atom stereocenters. The minimum absolute atomic E-state index is 0.785. The van der Waals surface area contributed by atoms with Crippen LogP contribution in [-0.2, 0) is 0 Å². The number of hydrogen-bond acceptors (Lipinski definition) is 2. The van der Waals surface area contributed by atoms with Gasteiger partial charge in [-0.2, -0.15) is 0 Å². The van der Waals surface area contributed by atoms with Crippen molar-refractivity contribution in [3.8, 4) is 0 Å². The van der Waals surface area contributed by atoms with Crippen LogP contribution in [0, 0.1) is 11.8 Å². The van der Waals surface area contributed by atoms with Crippen molar-refractivity contribution in [1.29, 1.82) is 0 Å². The molecule has 0 bridgehead atoms. The number of nitrogens with zero attached hydrogens (tertiary/aromatic N) is 1. The minimum Gasteiger partial charge on any atom is -0.315 e. The molecule has 0 aromatic carbocycles. The molecule has 1 heterocycles. The Hall–Kier alpha value is -0.0800. The van der Waals surface area contributed by atoms with Crippen LogP contribution in [0.2, 0.25) is 0 Å². The Morgan fingerprint density at radius 1 is 1.06 bits per heavy atom. The topological polar surface area (TPSA) is 15.3 Å². The summed E-state index contributed by atoms with van der Waals surface area (Å²) < 4.78 is 0. The molecular formula is C15H30N2. The second-order valence-corrected chi connectivity index (χ2v) is 6.43. The highest BCUT2D eigenvalue weighted by Crippen LogP contribution is 2.34. The van der Waals surface area contributed by atoms with Crippen LogP contribution in [0.15, 0.2) is 0 Å². The lowest BCUT2D eigenvalue weighted by Gasteiger charge is -2.44. The van der Waals surface area contributed by atoms with Gasteiger partial charge in [-0.3, -0.25) is 4.90 Å². The van der Waals surface area contributed by atoms with Gasteiger partial charge in [0.05, 0.1) is 0 Å². The molecule has 0 spiro atoms. The van der Waals surface area contributed by atoms with Gasteiger partial charge in [-0.1, -0.05) is 26.7 Å². The van der Waals surface area contributed by atoms with Crippen molar-refractivity contribution >= 4 is 0 Å². The van der Waals surface area contributed by atoms with Crippen LogP contribution in [0.4, 0.5) is 0 Å². The van der Waals surface area contributed by atoms with Crippen molar-refractivity contribution in [1.82, 2.24) is 10.2 Å². The van der Waals surface area contributed by atoms with Crippen LogP contribution in [0.25, 0.3) is 0 Å². The molecule has 1 N–H and O–H groups in total. The Labute approximate surface area is 107 Å². The Morgan fingerprint density at radius 2 is 1.82 bits per heavy atom. The average Bonchev–Trinajstić information content (AvgIpc) is 2.39. The minimum atomic E-state index is 0.785. The first kappa shape index (κ1) is 13.4. The zero-order valence-electron chi connectivity index (χ0n) is 11.9. The average molecular weight is 238 g/mol. The highest BCUT2D eigenvalue weighted by Gasteiger charge is 2.33. The maximum atomic E-state index is 3.56. The van der Waals surface area contributed by atoms with E-state index in [1.807, 2.05) is 0 Å². The van der Waals surface area contributed by atoms with Gasteiger partial charge in [0, 0.05) is 18.6 Å². The van der Waals surface area contributed by atoms with E-state index in [-0.39, 0.29) is 0 Å². The molecule has 2 heteroatoms. The number of nitrogens with one attached hydrogen (secondary N) is 1. The number of hydrogen-bond donors (Lipinski definition) is 1. The van der Waals surface area contributed by atoms with Crippen LogP contribution in [0.3, 0.4) is 0 Å². The molecule has 0 amide bonds. The Bertz CT molecular complexity index is 221. The van der Waals surface area contributed by atoms with Gasteiger partial charge >= 0.3 is 0 Å². The fourth-order valence-corrected chi connectivity index (χ4v) is 3.88. The van der Waals surface area contributed by atoms with E-state index in [1.165, 1.54) is 51.6 Å². The molecule has 0 aromatic heterocycles. The van der Waals surface area contributed by atoms with E-state index >= 15 is 0 Å². The van der Waals surface area contributed by atoms with Gasteiger partial charge in [0.2, 0.25) is 0 Å². The van der Waals surface area contributed by atoms with Crippen molar-refractivity contribution in [2.75, 3.05) is 20.1 Å². The molecule has 3 atom stereocenters. The first-order valence-corrected chi connectivity index (χ1v) is 7.63. The summed E-state index contributed by atoms with van der Waals surface area (Å²) in [5, 5.41) is 3.56. The van der Waals surface area contributed by atoms with Crippen LogP contribution in [-0.4, -0.2) is 37.1 Å². The Balaban J connectivity index is 1.97. The lowest BCUT2D eigenvalue weighted by Crippen LogP contribution is -2.52. The van der Waals surface area contributed by atoms with E-state index in [2.05, 4.69) is 31.1 Å². The van der Waals surface area contributed by atoms with Crippen LogP contribution in [0.5, 0.6) is 0 Å². The smallest absolute Gasteiger partial charge is 0.0221 e.